The van der Waals surface area contributed by atoms with E-state index >= 15 is 0 Å². The van der Waals surface area contributed by atoms with Gasteiger partial charge in [-0.1, -0.05) is 55.2 Å². The van der Waals surface area contributed by atoms with E-state index in [-0.39, 0.29) is 0 Å². The minimum Gasteiger partial charge on any atom is -0.302 e. The van der Waals surface area contributed by atoms with Gasteiger partial charge in [-0.15, -0.1) is 0 Å². The smallest absolute Gasteiger partial charge is 0.0468 e. The van der Waals surface area contributed by atoms with Crippen molar-refractivity contribution in [3.63, 3.8) is 0 Å². The first-order valence-electron chi connectivity index (χ1n) is 7.59. The Hall–Kier alpha value is -0.380. The summed E-state index contributed by atoms with van der Waals surface area (Å²) in [7, 11) is 8.79. The summed E-state index contributed by atoms with van der Waals surface area (Å²) >= 11 is 12.0. The van der Waals surface area contributed by atoms with E-state index in [9.17, 15) is 0 Å². The maximum atomic E-state index is 6.10. The van der Waals surface area contributed by atoms with Gasteiger partial charge in [0.1, 0.15) is 0 Å². The topological polar surface area (TPSA) is 3.24 Å². The van der Waals surface area contributed by atoms with Gasteiger partial charge < -0.3 is 4.90 Å². The Morgan fingerprint density at radius 2 is 1.70 bits per heavy atom. The Balaban J connectivity index is 0.000000228. The molecule has 0 unspecified atom stereocenters. The molecule has 0 amide bonds. The highest BCUT2D eigenvalue weighted by molar-refractivity contribution is 8.21. The van der Waals surface area contributed by atoms with Crippen LogP contribution < -0.4 is 0 Å². The molecule has 0 aromatic heterocycles. The van der Waals surface area contributed by atoms with Crippen LogP contribution in [0.5, 0.6) is 0 Å². The molecule has 0 atom stereocenters. The quantitative estimate of drug-likeness (QED) is 0.518. The second-order valence-electron chi connectivity index (χ2n) is 4.90. The van der Waals surface area contributed by atoms with Crippen LogP contribution in [-0.4, -0.2) is 18.5 Å². The lowest BCUT2D eigenvalue weighted by Gasteiger charge is -2.25. The number of benzene rings is 2. The third-order valence-corrected chi connectivity index (χ3v) is 4.82. The first-order chi connectivity index (χ1) is 11.1. The summed E-state index contributed by atoms with van der Waals surface area (Å²) in [4.78, 5) is 3.36. The number of rotatable bonds is 1. The molecule has 1 aliphatic heterocycles. The molecule has 0 radical (unpaired) electrons. The number of halogens is 3. The van der Waals surface area contributed by atoms with Gasteiger partial charge in [0.25, 0.3) is 0 Å². The summed E-state index contributed by atoms with van der Waals surface area (Å²) < 4.78 is 0. The van der Waals surface area contributed by atoms with Crippen molar-refractivity contribution in [1.82, 2.24) is 4.90 Å². The Morgan fingerprint density at radius 3 is 2.26 bits per heavy atom. The van der Waals surface area contributed by atoms with E-state index in [2.05, 4.69) is 11.9 Å². The van der Waals surface area contributed by atoms with Gasteiger partial charge in [0.05, 0.1) is 0 Å². The molecule has 2 aromatic carbocycles. The van der Waals surface area contributed by atoms with Gasteiger partial charge in [0.15, 0.2) is 0 Å². The molecule has 2 aromatic rings. The first-order valence-corrected chi connectivity index (χ1v) is 9.99. The summed E-state index contributed by atoms with van der Waals surface area (Å²) in [6, 6.07) is 13.7. The zero-order chi connectivity index (χ0) is 17.2. The molecule has 23 heavy (non-hydrogen) atoms. The third-order valence-electron chi connectivity index (χ3n) is 3.28. The van der Waals surface area contributed by atoms with Crippen LogP contribution in [0.1, 0.15) is 25.0 Å². The Labute approximate surface area is 158 Å². The van der Waals surface area contributed by atoms with Gasteiger partial charge in [-0.05, 0) is 70.5 Å². The molecule has 0 spiro atoms. The minimum absolute atomic E-state index is 0.744. The van der Waals surface area contributed by atoms with Crippen LogP contribution >= 0.6 is 44.9 Å². The van der Waals surface area contributed by atoms with Gasteiger partial charge in [-0.25, -0.2) is 0 Å². The van der Waals surface area contributed by atoms with E-state index in [4.69, 9.17) is 33.9 Å². The molecule has 1 heterocycles. The molecular weight excluding hydrogens is 369 g/mol. The van der Waals surface area contributed by atoms with Crippen molar-refractivity contribution in [1.29, 1.82) is 0 Å². The SMILES string of the molecule is CC.CN1CCc2cc(Cl)cc(Cl)c2C1.ClSc1ccccc1. The predicted molar refractivity (Wildman–Crippen MR) is 106 cm³/mol. The fourth-order valence-electron chi connectivity index (χ4n) is 2.19. The summed E-state index contributed by atoms with van der Waals surface area (Å²) in [5, 5.41) is 1.54. The van der Waals surface area contributed by atoms with Crippen LogP contribution in [0.2, 0.25) is 10.0 Å². The van der Waals surface area contributed by atoms with Crippen LogP contribution in [0.15, 0.2) is 47.4 Å². The standard InChI is InChI=1S/C10H11Cl2N.C6H5ClS.C2H6/c1-13-3-2-7-4-8(11)5-10(12)9(7)6-13;7-8-6-4-2-1-3-5-6;1-2/h4-5H,2-3,6H2,1H3;1-5H;1-2H3. The number of likely N-dealkylation sites (N-methyl/N-ethyl adjacent to an activating group) is 1. The summed E-state index contributed by atoms with van der Waals surface area (Å²) in [6.45, 7) is 6.02. The maximum absolute atomic E-state index is 6.10. The van der Waals surface area contributed by atoms with E-state index in [1.54, 1.807) is 0 Å². The molecule has 0 saturated heterocycles. The molecular formula is C18H22Cl3NS. The average Bonchev–Trinajstić information content (AvgIpc) is 2.59. The van der Waals surface area contributed by atoms with E-state index in [1.807, 2.05) is 56.3 Å². The maximum Gasteiger partial charge on any atom is 0.0468 e. The van der Waals surface area contributed by atoms with Gasteiger partial charge in [-0.3, -0.25) is 0 Å². The lowest BCUT2D eigenvalue weighted by molar-refractivity contribution is 0.313. The Morgan fingerprint density at radius 1 is 1.04 bits per heavy atom. The highest BCUT2D eigenvalue weighted by Gasteiger charge is 2.16. The lowest BCUT2D eigenvalue weighted by Crippen LogP contribution is -2.26. The van der Waals surface area contributed by atoms with Crippen LogP contribution in [0.25, 0.3) is 0 Å². The van der Waals surface area contributed by atoms with Crippen LogP contribution in [0, 0.1) is 0 Å². The van der Waals surface area contributed by atoms with E-state index < -0.39 is 0 Å². The molecule has 5 heteroatoms. The van der Waals surface area contributed by atoms with Gasteiger partial charge >= 0.3 is 0 Å². The fraction of sp³-hybridized carbons (Fsp3) is 0.333. The molecule has 0 bridgehead atoms. The Kier molecular flexibility index (Phi) is 10.1. The number of fused-ring (bicyclic) bond motifs is 1. The van der Waals surface area contributed by atoms with Gasteiger partial charge in [0, 0.05) is 28.0 Å². The molecule has 0 fully saturated rings. The van der Waals surface area contributed by atoms with Crippen molar-refractivity contribution in [2.45, 2.75) is 31.7 Å². The molecule has 0 saturated carbocycles. The minimum atomic E-state index is 0.744. The fourth-order valence-corrected chi connectivity index (χ4v) is 3.35. The zero-order valence-electron chi connectivity index (χ0n) is 13.7. The lowest BCUT2D eigenvalue weighted by atomic mass is 10.0. The normalized spacial score (nSPS) is 13.1. The number of hydrogen-bond donors (Lipinski definition) is 0. The largest absolute Gasteiger partial charge is 0.302 e. The van der Waals surface area contributed by atoms with Crippen molar-refractivity contribution in [2.24, 2.45) is 0 Å². The zero-order valence-corrected chi connectivity index (χ0v) is 16.7. The van der Waals surface area contributed by atoms with Gasteiger partial charge in [-0.2, -0.15) is 0 Å². The van der Waals surface area contributed by atoms with Crippen LogP contribution in [0.4, 0.5) is 0 Å². The highest BCUT2D eigenvalue weighted by atomic mass is 35.7. The number of hydrogen-bond acceptors (Lipinski definition) is 2. The van der Waals surface area contributed by atoms with Crippen molar-refractivity contribution in [2.75, 3.05) is 13.6 Å². The Bertz CT molecular complexity index is 590. The monoisotopic (exact) mass is 389 g/mol. The second-order valence-corrected chi connectivity index (χ2v) is 6.84. The molecule has 1 nitrogen and oxygen atoms in total. The van der Waals surface area contributed by atoms with Crippen molar-refractivity contribution >= 4 is 44.9 Å². The summed E-state index contributed by atoms with van der Waals surface area (Å²) in [5.41, 5.74) is 2.54. The molecule has 126 valence electrons. The van der Waals surface area contributed by atoms with E-state index in [0.29, 0.717) is 0 Å². The van der Waals surface area contributed by atoms with Crippen LogP contribution in [0.3, 0.4) is 0 Å². The van der Waals surface area contributed by atoms with E-state index in [1.165, 1.54) is 22.1 Å². The summed E-state index contributed by atoms with van der Waals surface area (Å²) in [5.74, 6) is 0. The predicted octanol–water partition coefficient (Wildman–Crippen LogP) is 6.94. The van der Waals surface area contributed by atoms with E-state index in [0.717, 1.165) is 34.5 Å². The second kappa shape index (κ2) is 11.2. The molecule has 0 aliphatic carbocycles. The molecule has 0 N–H and O–H groups in total. The van der Waals surface area contributed by atoms with Crippen molar-refractivity contribution in [3.05, 3.63) is 63.6 Å². The number of nitrogens with zero attached hydrogens (tertiary/aromatic N) is 1. The molecule has 3 rings (SSSR count). The van der Waals surface area contributed by atoms with Crippen molar-refractivity contribution < 1.29 is 0 Å². The van der Waals surface area contributed by atoms with Gasteiger partial charge in [0.2, 0.25) is 0 Å². The summed E-state index contributed by atoms with van der Waals surface area (Å²) in [6.07, 6.45) is 1.05. The first kappa shape index (κ1) is 20.7. The average molecular weight is 391 g/mol. The highest BCUT2D eigenvalue weighted by Crippen LogP contribution is 2.29. The molecule has 1 aliphatic rings. The van der Waals surface area contributed by atoms with Crippen molar-refractivity contribution in [3.8, 4) is 0 Å². The third kappa shape index (κ3) is 6.94. The van der Waals surface area contributed by atoms with Crippen LogP contribution in [-0.2, 0) is 13.0 Å².